The summed E-state index contributed by atoms with van der Waals surface area (Å²) in [6.07, 6.45) is 0.903. The number of furan rings is 1. The molecule has 3 aromatic heterocycles. The van der Waals surface area contributed by atoms with Gasteiger partial charge in [0.05, 0.1) is 14.2 Å². The van der Waals surface area contributed by atoms with Crippen LogP contribution in [-0.2, 0) is 0 Å². The maximum absolute atomic E-state index is 12.9. The van der Waals surface area contributed by atoms with Gasteiger partial charge in [-0.1, -0.05) is 25.7 Å². The molecule has 36 heavy (non-hydrogen) atoms. The fraction of sp³-hybridized carbons (Fsp3) is 0.417. The molecule has 0 radical (unpaired) electrons. The predicted octanol–water partition coefficient (Wildman–Crippen LogP) is 3.44. The molecule has 0 bridgehead atoms. The van der Waals surface area contributed by atoms with Crippen molar-refractivity contribution in [2.24, 2.45) is 0 Å². The van der Waals surface area contributed by atoms with Crippen LogP contribution in [0.15, 0.2) is 34.7 Å². The van der Waals surface area contributed by atoms with Crippen LogP contribution in [0.4, 0.5) is 11.6 Å². The third-order valence-corrected chi connectivity index (χ3v) is 6.85. The second-order valence-electron chi connectivity index (χ2n) is 9.31. The third-order valence-electron chi connectivity index (χ3n) is 5.04. The molecule has 0 atom stereocenters. The number of carbonyl (C=O) groups is 1. The molecule has 11 nitrogen and oxygen atoms in total. The van der Waals surface area contributed by atoms with Crippen molar-refractivity contribution < 1.29 is 23.4 Å². The molecular formula is C24H34N6O5Si. The van der Waals surface area contributed by atoms with Crippen molar-refractivity contribution in [2.75, 3.05) is 52.0 Å². The SMILES string of the molecule is COc1nc(NCCCN(C)C)nc(OC)c1NC(=O)c1ccc(Oc2cccc([Si](C)(C)C)n2)o1. The van der Waals surface area contributed by atoms with Gasteiger partial charge < -0.3 is 34.2 Å². The van der Waals surface area contributed by atoms with Gasteiger partial charge in [-0.3, -0.25) is 4.79 Å². The number of ether oxygens (including phenoxy) is 3. The number of nitrogens with zero attached hydrogens (tertiary/aromatic N) is 4. The van der Waals surface area contributed by atoms with E-state index >= 15 is 0 Å². The molecule has 0 saturated heterocycles. The summed E-state index contributed by atoms with van der Waals surface area (Å²) in [5.41, 5.74) is 0.187. The standard InChI is InChI=1S/C24H34N6O5Si/c1-30(2)15-9-14-25-24-28-22(32-3)20(23(29-24)33-4)27-21(31)16-12-13-19(34-16)35-17-10-8-11-18(26-17)36(5,6)7/h8,10-13H,9,14-15H2,1-7H3,(H,27,31)(H,25,28,29). The van der Waals surface area contributed by atoms with Crippen molar-refractivity contribution >= 4 is 30.9 Å². The zero-order valence-corrected chi connectivity index (χ0v) is 22.8. The van der Waals surface area contributed by atoms with E-state index in [4.69, 9.17) is 18.6 Å². The summed E-state index contributed by atoms with van der Waals surface area (Å²) in [6.45, 7) is 8.20. The van der Waals surface area contributed by atoms with E-state index < -0.39 is 14.0 Å². The summed E-state index contributed by atoms with van der Waals surface area (Å²) in [7, 11) is 5.32. The third kappa shape index (κ3) is 7.18. The lowest BCUT2D eigenvalue weighted by atomic mass is 10.4. The predicted molar refractivity (Wildman–Crippen MR) is 141 cm³/mol. The normalized spacial score (nSPS) is 11.3. The summed E-state index contributed by atoms with van der Waals surface area (Å²) in [4.78, 5) is 28.2. The van der Waals surface area contributed by atoms with E-state index in [9.17, 15) is 4.79 Å². The molecule has 0 aliphatic heterocycles. The lowest BCUT2D eigenvalue weighted by molar-refractivity contribution is 0.0990. The molecule has 2 N–H and O–H groups in total. The van der Waals surface area contributed by atoms with Gasteiger partial charge in [-0.25, -0.2) is 4.98 Å². The summed E-state index contributed by atoms with van der Waals surface area (Å²) >= 11 is 0. The highest BCUT2D eigenvalue weighted by atomic mass is 28.3. The van der Waals surface area contributed by atoms with E-state index in [1.165, 1.54) is 20.3 Å². The molecule has 194 valence electrons. The highest BCUT2D eigenvalue weighted by molar-refractivity contribution is 6.88. The Balaban J connectivity index is 1.72. The Kier molecular flexibility index (Phi) is 8.88. The highest BCUT2D eigenvalue weighted by Crippen LogP contribution is 2.33. The Morgan fingerprint density at radius 1 is 1.03 bits per heavy atom. The fourth-order valence-electron chi connectivity index (χ4n) is 3.16. The Bertz CT molecular complexity index is 1150. The quantitative estimate of drug-likeness (QED) is 0.274. The molecule has 0 aliphatic carbocycles. The van der Waals surface area contributed by atoms with Crippen LogP contribution in [0.1, 0.15) is 17.0 Å². The Morgan fingerprint density at radius 2 is 1.72 bits per heavy atom. The van der Waals surface area contributed by atoms with Crippen molar-refractivity contribution in [3.8, 4) is 23.6 Å². The van der Waals surface area contributed by atoms with Crippen molar-refractivity contribution in [1.29, 1.82) is 0 Å². The number of pyridine rings is 1. The van der Waals surface area contributed by atoms with Gasteiger partial charge >= 0.3 is 0 Å². The van der Waals surface area contributed by atoms with Gasteiger partial charge in [0.25, 0.3) is 11.9 Å². The van der Waals surface area contributed by atoms with Crippen LogP contribution in [-0.4, -0.2) is 75.2 Å². The summed E-state index contributed by atoms with van der Waals surface area (Å²) in [5.74, 6) is 0.681. The van der Waals surface area contributed by atoms with Gasteiger partial charge in [-0.05, 0) is 39.2 Å². The first-order valence-electron chi connectivity index (χ1n) is 11.6. The molecule has 0 aromatic carbocycles. The van der Waals surface area contributed by atoms with Crippen LogP contribution in [0.5, 0.6) is 23.6 Å². The zero-order chi connectivity index (χ0) is 26.3. The molecule has 3 heterocycles. The van der Waals surface area contributed by atoms with Crippen LogP contribution < -0.4 is 30.2 Å². The maximum atomic E-state index is 12.9. The Morgan fingerprint density at radius 3 is 2.33 bits per heavy atom. The summed E-state index contributed by atoms with van der Waals surface area (Å²) in [5, 5.41) is 6.86. The van der Waals surface area contributed by atoms with Crippen molar-refractivity contribution in [1.82, 2.24) is 19.9 Å². The molecule has 0 aliphatic rings. The minimum Gasteiger partial charge on any atom is -0.479 e. The molecular weight excluding hydrogens is 480 g/mol. The zero-order valence-electron chi connectivity index (χ0n) is 21.8. The van der Waals surface area contributed by atoms with E-state index in [0.29, 0.717) is 18.4 Å². The van der Waals surface area contributed by atoms with Gasteiger partial charge in [0.15, 0.2) is 11.4 Å². The van der Waals surface area contributed by atoms with E-state index in [2.05, 4.69) is 50.1 Å². The number of methoxy groups -OCH3 is 2. The number of carbonyl (C=O) groups excluding carboxylic acids is 1. The average molecular weight is 515 g/mol. The lowest BCUT2D eigenvalue weighted by Gasteiger charge is -2.15. The van der Waals surface area contributed by atoms with Gasteiger partial charge in [-0.15, -0.1) is 0 Å². The number of rotatable bonds is 12. The second kappa shape index (κ2) is 11.9. The van der Waals surface area contributed by atoms with Gasteiger partial charge in [0.2, 0.25) is 23.6 Å². The number of hydrogen-bond donors (Lipinski definition) is 2. The van der Waals surface area contributed by atoms with Crippen LogP contribution in [0, 0.1) is 0 Å². The average Bonchev–Trinajstić information content (AvgIpc) is 3.30. The number of anilines is 2. The van der Waals surface area contributed by atoms with Gasteiger partial charge in [0, 0.05) is 24.0 Å². The molecule has 0 saturated carbocycles. The lowest BCUT2D eigenvalue weighted by Crippen LogP contribution is -2.39. The van der Waals surface area contributed by atoms with Crippen LogP contribution in [0.2, 0.25) is 19.6 Å². The first kappa shape index (κ1) is 27.0. The molecule has 0 unspecified atom stereocenters. The molecule has 0 spiro atoms. The van der Waals surface area contributed by atoms with E-state index in [-0.39, 0.29) is 29.2 Å². The Labute approximate surface area is 212 Å². The topological polar surface area (TPSA) is 124 Å². The molecule has 12 heteroatoms. The van der Waals surface area contributed by atoms with Crippen molar-refractivity contribution in [3.63, 3.8) is 0 Å². The molecule has 1 amide bonds. The fourth-order valence-corrected chi connectivity index (χ4v) is 4.20. The van der Waals surface area contributed by atoms with Gasteiger partial charge in [-0.2, -0.15) is 9.97 Å². The maximum Gasteiger partial charge on any atom is 0.291 e. The minimum absolute atomic E-state index is 0.0290. The van der Waals surface area contributed by atoms with Crippen LogP contribution in [0.25, 0.3) is 0 Å². The number of aromatic nitrogens is 3. The largest absolute Gasteiger partial charge is 0.479 e. The first-order chi connectivity index (χ1) is 17.1. The monoisotopic (exact) mass is 514 g/mol. The minimum atomic E-state index is -1.60. The van der Waals surface area contributed by atoms with E-state index in [1.807, 2.05) is 26.2 Å². The Hall–Kier alpha value is -3.64. The molecule has 0 fully saturated rings. The van der Waals surface area contributed by atoms with Crippen molar-refractivity contribution in [2.45, 2.75) is 26.1 Å². The number of hydrogen-bond acceptors (Lipinski definition) is 10. The van der Waals surface area contributed by atoms with E-state index in [0.717, 1.165) is 18.3 Å². The van der Waals surface area contributed by atoms with Crippen LogP contribution in [0.3, 0.4) is 0 Å². The number of amides is 1. The van der Waals surface area contributed by atoms with E-state index in [1.54, 1.807) is 12.1 Å². The van der Waals surface area contributed by atoms with Crippen molar-refractivity contribution in [3.05, 3.63) is 36.1 Å². The summed E-state index contributed by atoms with van der Waals surface area (Å²) < 4.78 is 22.1. The van der Waals surface area contributed by atoms with Gasteiger partial charge in [0.1, 0.15) is 8.07 Å². The first-order valence-corrected chi connectivity index (χ1v) is 15.1. The molecule has 3 aromatic rings. The smallest absolute Gasteiger partial charge is 0.291 e. The number of nitrogens with one attached hydrogen (secondary N) is 2. The second-order valence-corrected chi connectivity index (χ2v) is 14.3. The summed E-state index contributed by atoms with van der Waals surface area (Å²) in [6, 6.07) is 8.70. The molecule has 3 rings (SSSR count). The van der Waals surface area contributed by atoms with Crippen LogP contribution >= 0.6 is 0 Å². The highest BCUT2D eigenvalue weighted by Gasteiger charge is 2.22.